The van der Waals surface area contributed by atoms with Crippen molar-refractivity contribution < 1.29 is 9.18 Å². The summed E-state index contributed by atoms with van der Waals surface area (Å²) in [7, 11) is 0. The van der Waals surface area contributed by atoms with Crippen LogP contribution in [0.4, 0.5) is 4.39 Å². The number of halogens is 1. The normalized spacial score (nSPS) is 14.9. The van der Waals surface area contributed by atoms with Crippen LogP contribution in [0.3, 0.4) is 0 Å². The second-order valence-electron chi connectivity index (χ2n) is 4.93. The number of hydrogen-bond acceptors (Lipinski definition) is 2. The molecule has 1 aliphatic heterocycles. The van der Waals surface area contributed by atoms with Crippen LogP contribution < -0.4 is 5.32 Å². The Balaban J connectivity index is 1.59. The lowest BCUT2D eigenvalue weighted by Gasteiger charge is -2.15. The van der Waals surface area contributed by atoms with Gasteiger partial charge in [0.2, 0.25) is 5.91 Å². The zero-order chi connectivity index (χ0) is 13.5. The van der Waals surface area contributed by atoms with Gasteiger partial charge in [-0.3, -0.25) is 4.79 Å². The second kappa shape index (κ2) is 7.24. The molecule has 104 valence electrons. The summed E-state index contributed by atoms with van der Waals surface area (Å²) in [6.07, 6.45) is 3.46. The van der Waals surface area contributed by atoms with Crippen molar-refractivity contribution in [3.8, 4) is 0 Å². The molecule has 0 radical (unpaired) electrons. The predicted octanol–water partition coefficient (Wildman–Crippen LogP) is 1.97. The van der Waals surface area contributed by atoms with E-state index >= 15 is 0 Å². The van der Waals surface area contributed by atoms with Crippen molar-refractivity contribution in [2.75, 3.05) is 26.2 Å². The van der Waals surface area contributed by atoms with Gasteiger partial charge in [0, 0.05) is 26.1 Å². The Bertz CT molecular complexity index is 416. The molecule has 0 spiro atoms. The van der Waals surface area contributed by atoms with Crippen LogP contribution in [-0.4, -0.2) is 37.0 Å². The molecule has 1 fully saturated rings. The third-order valence-electron chi connectivity index (χ3n) is 3.50. The van der Waals surface area contributed by atoms with Gasteiger partial charge >= 0.3 is 0 Å². The molecule has 1 aliphatic rings. The summed E-state index contributed by atoms with van der Waals surface area (Å²) in [6, 6.07) is 6.81. The summed E-state index contributed by atoms with van der Waals surface area (Å²) >= 11 is 0. The van der Waals surface area contributed by atoms with Crippen molar-refractivity contribution >= 4 is 5.91 Å². The molecule has 2 rings (SSSR count). The van der Waals surface area contributed by atoms with E-state index in [1.165, 1.54) is 6.07 Å². The zero-order valence-electron chi connectivity index (χ0n) is 11.2. The van der Waals surface area contributed by atoms with Crippen molar-refractivity contribution in [2.45, 2.75) is 25.7 Å². The number of nitrogens with zero attached hydrogens (tertiary/aromatic N) is 1. The summed E-state index contributed by atoms with van der Waals surface area (Å²) in [5.74, 6) is 0.0772. The minimum atomic E-state index is -0.155. The monoisotopic (exact) mass is 264 g/mol. The van der Waals surface area contributed by atoms with Gasteiger partial charge < -0.3 is 10.2 Å². The van der Waals surface area contributed by atoms with Crippen molar-refractivity contribution in [1.82, 2.24) is 10.2 Å². The van der Waals surface area contributed by atoms with Crippen LogP contribution in [0.2, 0.25) is 0 Å². The van der Waals surface area contributed by atoms with Crippen molar-refractivity contribution in [2.24, 2.45) is 0 Å². The maximum atomic E-state index is 13.3. The first-order valence-electron chi connectivity index (χ1n) is 6.99. The third-order valence-corrected chi connectivity index (χ3v) is 3.50. The molecular weight excluding hydrogens is 243 g/mol. The molecule has 1 aromatic carbocycles. The first-order chi connectivity index (χ1) is 9.27. The van der Waals surface area contributed by atoms with E-state index in [4.69, 9.17) is 0 Å². The number of carbonyl (C=O) groups excluding carboxylic acids is 1. The van der Waals surface area contributed by atoms with Crippen LogP contribution in [-0.2, 0) is 11.2 Å². The van der Waals surface area contributed by atoms with E-state index < -0.39 is 0 Å². The minimum absolute atomic E-state index is 0.155. The Hall–Kier alpha value is -1.42. The summed E-state index contributed by atoms with van der Waals surface area (Å²) in [5.41, 5.74) is 0.723. The van der Waals surface area contributed by atoms with E-state index in [1.807, 2.05) is 11.0 Å². The van der Waals surface area contributed by atoms with E-state index in [1.54, 1.807) is 12.1 Å². The van der Waals surface area contributed by atoms with E-state index in [2.05, 4.69) is 5.32 Å². The van der Waals surface area contributed by atoms with Crippen LogP contribution in [0.15, 0.2) is 24.3 Å². The quantitative estimate of drug-likeness (QED) is 0.797. The first-order valence-corrected chi connectivity index (χ1v) is 6.99. The Morgan fingerprint density at radius 3 is 2.68 bits per heavy atom. The number of likely N-dealkylation sites (tertiary alicyclic amines) is 1. The van der Waals surface area contributed by atoms with Crippen LogP contribution in [0.25, 0.3) is 0 Å². The van der Waals surface area contributed by atoms with Gasteiger partial charge in [-0.25, -0.2) is 4.39 Å². The van der Waals surface area contributed by atoms with E-state index in [0.29, 0.717) is 25.9 Å². The minimum Gasteiger partial charge on any atom is -0.343 e. The van der Waals surface area contributed by atoms with Crippen LogP contribution >= 0.6 is 0 Å². The molecule has 1 aromatic rings. The molecule has 3 nitrogen and oxygen atoms in total. The van der Waals surface area contributed by atoms with Crippen LogP contribution in [0.1, 0.15) is 24.8 Å². The van der Waals surface area contributed by atoms with Gasteiger partial charge in [-0.1, -0.05) is 18.2 Å². The number of amides is 1. The molecule has 1 saturated heterocycles. The van der Waals surface area contributed by atoms with Gasteiger partial charge in [-0.15, -0.1) is 0 Å². The van der Waals surface area contributed by atoms with Gasteiger partial charge in [-0.05, 0) is 37.4 Å². The molecule has 0 saturated carbocycles. The maximum absolute atomic E-state index is 13.3. The molecule has 1 N–H and O–H groups in total. The molecule has 4 heteroatoms. The maximum Gasteiger partial charge on any atom is 0.223 e. The lowest BCUT2D eigenvalue weighted by atomic mass is 10.1. The second-order valence-corrected chi connectivity index (χ2v) is 4.93. The molecule has 0 unspecified atom stereocenters. The standard InChI is InChI=1S/C15H21FN2O/c16-14-6-2-1-5-13(14)7-9-17-10-8-15(19)18-11-3-4-12-18/h1-2,5-6,17H,3-4,7-12H2. The number of benzene rings is 1. The fraction of sp³-hybridized carbons (Fsp3) is 0.533. The Morgan fingerprint density at radius 1 is 1.21 bits per heavy atom. The fourth-order valence-corrected chi connectivity index (χ4v) is 2.37. The van der Waals surface area contributed by atoms with E-state index in [0.717, 1.165) is 31.5 Å². The third kappa shape index (κ3) is 4.31. The van der Waals surface area contributed by atoms with Crippen LogP contribution in [0, 0.1) is 5.82 Å². The Labute approximate surface area is 113 Å². The topological polar surface area (TPSA) is 32.3 Å². The molecular formula is C15H21FN2O. The van der Waals surface area contributed by atoms with Gasteiger partial charge in [0.15, 0.2) is 0 Å². The van der Waals surface area contributed by atoms with Gasteiger partial charge in [-0.2, -0.15) is 0 Å². The molecule has 0 bridgehead atoms. The number of carbonyl (C=O) groups is 1. The molecule has 0 aliphatic carbocycles. The lowest BCUT2D eigenvalue weighted by Crippen LogP contribution is -2.31. The number of rotatable bonds is 6. The van der Waals surface area contributed by atoms with Crippen LogP contribution in [0.5, 0.6) is 0 Å². The van der Waals surface area contributed by atoms with Crippen molar-refractivity contribution in [3.05, 3.63) is 35.6 Å². The van der Waals surface area contributed by atoms with E-state index in [9.17, 15) is 9.18 Å². The Morgan fingerprint density at radius 2 is 1.95 bits per heavy atom. The first kappa shape index (κ1) is 14.0. The lowest BCUT2D eigenvalue weighted by molar-refractivity contribution is -0.130. The average Bonchev–Trinajstić information content (AvgIpc) is 2.94. The SMILES string of the molecule is O=C(CCNCCc1ccccc1F)N1CCCC1. The summed E-state index contributed by atoms with van der Waals surface area (Å²) in [5, 5.41) is 3.20. The highest BCUT2D eigenvalue weighted by atomic mass is 19.1. The van der Waals surface area contributed by atoms with Gasteiger partial charge in [0.25, 0.3) is 0 Å². The number of hydrogen-bond donors (Lipinski definition) is 1. The molecule has 1 heterocycles. The van der Waals surface area contributed by atoms with Gasteiger partial charge in [0.1, 0.15) is 5.82 Å². The molecule has 19 heavy (non-hydrogen) atoms. The highest BCUT2D eigenvalue weighted by molar-refractivity contribution is 5.76. The molecule has 1 amide bonds. The summed E-state index contributed by atoms with van der Waals surface area (Å²) in [4.78, 5) is 13.7. The highest BCUT2D eigenvalue weighted by Gasteiger charge is 2.16. The van der Waals surface area contributed by atoms with E-state index in [-0.39, 0.29) is 11.7 Å². The van der Waals surface area contributed by atoms with Crippen molar-refractivity contribution in [3.63, 3.8) is 0 Å². The number of nitrogens with one attached hydrogen (secondary N) is 1. The Kier molecular flexibility index (Phi) is 5.33. The zero-order valence-corrected chi connectivity index (χ0v) is 11.2. The summed E-state index contributed by atoms with van der Waals surface area (Å²) < 4.78 is 13.3. The predicted molar refractivity (Wildman–Crippen MR) is 73.4 cm³/mol. The van der Waals surface area contributed by atoms with Crippen molar-refractivity contribution in [1.29, 1.82) is 0 Å². The molecule has 0 atom stereocenters. The van der Waals surface area contributed by atoms with Gasteiger partial charge in [0.05, 0.1) is 0 Å². The molecule has 0 aromatic heterocycles. The fourth-order valence-electron chi connectivity index (χ4n) is 2.37. The smallest absolute Gasteiger partial charge is 0.223 e. The average molecular weight is 264 g/mol. The largest absolute Gasteiger partial charge is 0.343 e. The highest BCUT2D eigenvalue weighted by Crippen LogP contribution is 2.08. The summed E-state index contributed by atoms with van der Waals surface area (Å²) in [6.45, 7) is 3.19.